The standard InChI is InChI=1S/C16H15NO2S/c1-2-14-12-13-8-6-7-11-16(13)17(14)20(18,19)15-9-4-3-5-10-15/h3-12H,2H2,1H3. The fourth-order valence-corrected chi connectivity index (χ4v) is 4.04. The molecule has 0 fully saturated rings. The molecule has 0 aliphatic heterocycles. The molecule has 0 unspecified atom stereocenters. The lowest BCUT2D eigenvalue weighted by atomic mass is 10.2. The second-order valence-electron chi connectivity index (χ2n) is 4.63. The monoisotopic (exact) mass is 285 g/mol. The van der Waals surface area contributed by atoms with Gasteiger partial charge >= 0.3 is 0 Å². The molecule has 1 heterocycles. The Morgan fingerprint density at radius 3 is 2.30 bits per heavy atom. The van der Waals surface area contributed by atoms with Crippen molar-refractivity contribution in [2.45, 2.75) is 18.2 Å². The second-order valence-corrected chi connectivity index (χ2v) is 6.42. The van der Waals surface area contributed by atoms with Gasteiger partial charge in [0.2, 0.25) is 0 Å². The lowest BCUT2D eigenvalue weighted by molar-refractivity contribution is 0.587. The van der Waals surface area contributed by atoms with Gasteiger partial charge in [-0.1, -0.05) is 43.3 Å². The van der Waals surface area contributed by atoms with Gasteiger partial charge in [0.25, 0.3) is 10.0 Å². The molecule has 0 radical (unpaired) electrons. The van der Waals surface area contributed by atoms with Crippen molar-refractivity contribution in [1.82, 2.24) is 3.97 Å². The van der Waals surface area contributed by atoms with Gasteiger partial charge in [0.05, 0.1) is 10.4 Å². The van der Waals surface area contributed by atoms with Crippen molar-refractivity contribution in [3.63, 3.8) is 0 Å². The smallest absolute Gasteiger partial charge is 0.238 e. The van der Waals surface area contributed by atoms with Crippen LogP contribution in [0, 0.1) is 0 Å². The van der Waals surface area contributed by atoms with Crippen molar-refractivity contribution >= 4 is 20.9 Å². The first-order valence-electron chi connectivity index (χ1n) is 6.54. The number of benzene rings is 2. The Balaban J connectivity index is 2.34. The number of nitrogens with zero attached hydrogens (tertiary/aromatic N) is 1. The van der Waals surface area contributed by atoms with E-state index in [9.17, 15) is 8.42 Å². The number of para-hydroxylation sites is 1. The van der Waals surface area contributed by atoms with E-state index < -0.39 is 10.0 Å². The van der Waals surface area contributed by atoms with Gasteiger partial charge in [0.15, 0.2) is 0 Å². The third-order valence-corrected chi connectivity index (χ3v) is 5.16. The van der Waals surface area contributed by atoms with Gasteiger partial charge in [0.1, 0.15) is 0 Å². The van der Waals surface area contributed by atoms with Gasteiger partial charge in [0, 0.05) is 11.1 Å². The fourth-order valence-electron chi connectivity index (χ4n) is 2.41. The number of aromatic nitrogens is 1. The Kier molecular flexibility index (Phi) is 3.10. The summed E-state index contributed by atoms with van der Waals surface area (Å²) < 4.78 is 27.2. The Hall–Kier alpha value is -2.07. The van der Waals surface area contributed by atoms with E-state index in [1.54, 1.807) is 24.3 Å². The molecule has 0 spiro atoms. The van der Waals surface area contributed by atoms with Crippen LogP contribution in [-0.2, 0) is 16.4 Å². The summed E-state index contributed by atoms with van der Waals surface area (Å²) in [6.45, 7) is 1.96. The summed E-state index contributed by atoms with van der Waals surface area (Å²) in [6, 6.07) is 18.0. The Morgan fingerprint density at radius 2 is 1.60 bits per heavy atom. The molecule has 0 saturated carbocycles. The highest BCUT2D eigenvalue weighted by Gasteiger charge is 2.21. The topological polar surface area (TPSA) is 39.1 Å². The maximum atomic E-state index is 12.9. The first-order valence-corrected chi connectivity index (χ1v) is 7.98. The van der Waals surface area contributed by atoms with Crippen molar-refractivity contribution in [2.75, 3.05) is 0 Å². The number of rotatable bonds is 3. The molecular weight excluding hydrogens is 270 g/mol. The van der Waals surface area contributed by atoms with Gasteiger partial charge in [-0.2, -0.15) is 0 Å². The molecule has 3 rings (SSSR count). The lowest BCUT2D eigenvalue weighted by Gasteiger charge is -2.10. The summed E-state index contributed by atoms with van der Waals surface area (Å²) >= 11 is 0. The van der Waals surface area contributed by atoms with E-state index in [1.165, 1.54) is 3.97 Å². The minimum Gasteiger partial charge on any atom is -0.238 e. The zero-order valence-electron chi connectivity index (χ0n) is 11.2. The number of hydrogen-bond acceptors (Lipinski definition) is 2. The van der Waals surface area contributed by atoms with Crippen LogP contribution in [0.4, 0.5) is 0 Å². The van der Waals surface area contributed by atoms with E-state index in [-0.39, 0.29) is 0 Å². The van der Waals surface area contributed by atoms with Gasteiger partial charge in [-0.3, -0.25) is 0 Å². The normalized spacial score (nSPS) is 11.8. The van der Waals surface area contributed by atoms with Gasteiger partial charge in [-0.25, -0.2) is 12.4 Å². The van der Waals surface area contributed by atoms with Crippen LogP contribution in [0.2, 0.25) is 0 Å². The van der Waals surface area contributed by atoms with Crippen LogP contribution in [0.5, 0.6) is 0 Å². The molecule has 20 heavy (non-hydrogen) atoms. The molecule has 0 saturated heterocycles. The number of aryl methyl sites for hydroxylation is 1. The van der Waals surface area contributed by atoms with Crippen LogP contribution in [0.3, 0.4) is 0 Å². The van der Waals surface area contributed by atoms with E-state index in [0.29, 0.717) is 11.3 Å². The van der Waals surface area contributed by atoms with Crippen LogP contribution in [0.15, 0.2) is 65.6 Å². The van der Waals surface area contributed by atoms with Crippen LogP contribution in [-0.4, -0.2) is 12.4 Å². The molecule has 1 aromatic heterocycles. The molecule has 4 heteroatoms. The Bertz CT molecular complexity index is 849. The zero-order chi connectivity index (χ0) is 14.2. The van der Waals surface area contributed by atoms with Crippen LogP contribution >= 0.6 is 0 Å². The molecule has 0 bridgehead atoms. The minimum absolute atomic E-state index is 0.316. The van der Waals surface area contributed by atoms with E-state index in [0.717, 1.165) is 16.6 Å². The molecule has 0 N–H and O–H groups in total. The minimum atomic E-state index is -3.55. The van der Waals surface area contributed by atoms with Gasteiger partial charge < -0.3 is 0 Å². The molecule has 3 aromatic rings. The molecule has 0 amide bonds. The first kappa shape index (κ1) is 12.9. The van der Waals surface area contributed by atoms with Crippen LogP contribution in [0.1, 0.15) is 12.6 Å². The van der Waals surface area contributed by atoms with E-state index in [1.807, 2.05) is 43.3 Å². The van der Waals surface area contributed by atoms with Crippen LogP contribution in [0.25, 0.3) is 10.9 Å². The summed E-state index contributed by atoms with van der Waals surface area (Å²) in [5, 5.41) is 0.948. The molecule has 0 aliphatic carbocycles. The third-order valence-electron chi connectivity index (χ3n) is 3.38. The summed E-state index contributed by atoms with van der Waals surface area (Å²) in [5.41, 5.74) is 1.53. The predicted octanol–water partition coefficient (Wildman–Crippen LogP) is 3.44. The largest absolute Gasteiger partial charge is 0.268 e. The fraction of sp³-hybridized carbons (Fsp3) is 0.125. The molecular formula is C16H15NO2S. The average molecular weight is 285 g/mol. The van der Waals surface area contributed by atoms with E-state index in [4.69, 9.17) is 0 Å². The zero-order valence-corrected chi connectivity index (χ0v) is 12.0. The van der Waals surface area contributed by atoms with Crippen molar-refractivity contribution in [3.8, 4) is 0 Å². The maximum Gasteiger partial charge on any atom is 0.268 e. The highest BCUT2D eigenvalue weighted by Crippen LogP contribution is 2.25. The first-order chi connectivity index (χ1) is 9.64. The van der Waals surface area contributed by atoms with Crippen molar-refractivity contribution < 1.29 is 8.42 Å². The number of fused-ring (bicyclic) bond motifs is 1. The molecule has 3 nitrogen and oxygen atoms in total. The van der Waals surface area contributed by atoms with Crippen LogP contribution < -0.4 is 0 Å². The predicted molar refractivity (Wildman–Crippen MR) is 80.3 cm³/mol. The summed E-state index contributed by atoms with van der Waals surface area (Å²) in [4.78, 5) is 0.316. The quantitative estimate of drug-likeness (QED) is 0.739. The van der Waals surface area contributed by atoms with E-state index in [2.05, 4.69) is 0 Å². The Labute approximate surface area is 118 Å². The summed E-state index contributed by atoms with van der Waals surface area (Å²) in [6.07, 6.45) is 0.667. The third kappa shape index (κ3) is 1.93. The van der Waals surface area contributed by atoms with E-state index >= 15 is 0 Å². The maximum absolute atomic E-state index is 12.9. The average Bonchev–Trinajstić information content (AvgIpc) is 2.87. The molecule has 0 aliphatic rings. The Morgan fingerprint density at radius 1 is 0.950 bits per heavy atom. The van der Waals surface area contributed by atoms with Crippen molar-refractivity contribution in [3.05, 3.63) is 66.4 Å². The summed E-state index contributed by atoms with van der Waals surface area (Å²) in [7, 11) is -3.55. The SMILES string of the molecule is CCc1cc2ccccc2n1S(=O)(=O)c1ccccc1. The van der Waals surface area contributed by atoms with Gasteiger partial charge in [-0.05, 0) is 30.7 Å². The van der Waals surface area contributed by atoms with Gasteiger partial charge in [-0.15, -0.1) is 0 Å². The van der Waals surface area contributed by atoms with Crippen molar-refractivity contribution in [1.29, 1.82) is 0 Å². The number of hydrogen-bond donors (Lipinski definition) is 0. The highest BCUT2D eigenvalue weighted by molar-refractivity contribution is 7.90. The molecule has 0 atom stereocenters. The second kappa shape index (κ2) is 4.80. The van der Waals surface area contributed by atoms with Crippen molar-refractivity contribution in [2.24, 2.45) is 0 Å². The molecule has 2 aromatic carbocycles. The molecule has 102 valence electrons. The highest BCUT2D eigenvalue weighted by atomic mass is 32.2. The summed E-state index contributed by atoms with van der Waals surface area (Å²) in [5.74, 6) is 0. The lowest BCUT2D eigenvalue weighted by Crippen LogP contribution is -2.15.